The molecule has 1 aliphatic carbocycles. The summed E-state index contributed by atoms with van der Waals surface area (Å²) >= 11 is 0. The van der Waals surface area contributed by atoms with Gasteiger partial charge in [0.15, 0.2) is 0 Å². The molecule has 3 rings (SSSR count). The van der Waals surface area contributed by atoms with Gasteiger partial charge in [0.05, 0.1) is 11.3 Å². The van der Waals surface area contributed by atoms with E-state index >= 15 is 0 Å². The first-order valence-electron chi connectivity index (χ1n) is 6.65. The third-order valence-electron chi connectivity index (χ3n) is 3.64. The van der Waals surface area contributed by atoms with Crippen LogP contribution in [0.15, 0.2) is 28.3 Å². The predicted molar refractivity (Wildman–Crippen MR) is 73.4 cm³/mol. The highest BCUT2D eigenvalue weighted by Gasteiger charge is 2.32. The Morgan fingerprint density at radius 2 is 2.20 bits per heavy atom. The molecular weight excluding hydrogens is 280 g/mol. The molecule has 0 spiro atoms. The second-order valence-corrected chi connectivity index (χ2v) is 7.05. The molecule has 20 heavy (non-hydrogen) atoms. The summed E-state index contributed by atoms with van der Waals surface area (Å²) in [7, 11) is -3.36. The molecule has 1 atom stereocenters. The molecule has 0 saturated heterocycles. The van der Waals surface area contributed by atoms with Gasteiger partial charge in [-0.1, -0.05) is 0 Å². The van der Waals surface area contributed by atoms with Crippen molar-refractivity contribution >= 4 is 21.8 Å². The van der Waals surface area contributed by atoms with Gasteiger partial charge in [0.25, 0.3) is 10.0 Å². The van der Waals surface area contributed by atoms with Crippen LogP contribution >= 0.6 is 0 Å². The van der Waals surface area contributed by atoms with E-state index in [1.54, 1.807) is 17.2 Å². The van der Waals surface area contributed by atoms with E-state index in [1.165, 1.54) is 6.08 Å². The molecule has 1 fully saturated rings. The first-order valence-corrected chi connectivity index (χ1v) is 8.26. The molecule has 0 unspecified atom stereocenters. The zero-order valence-electron chi connectivity index (χ0n) is 11.2. The first-order chi connectivity index (χ1) is 9.44. The van der Waals surface area contributed by atoms with Crippen LogP contribution in [0.25, 0.3) is 0 Å². The third-order valence-corrected chi connectivity index (χ3v) is 4.80. The van der Waals surface area contributed by atoms with Crippen molar-refractivity contribution in [1.29, 1.82) is 0 Å². The van der Waals surface area contributed by atoms with Crippen molar-refractivity contribution in [2.45, 2.75) is 25.9 Å². The van der Waals surface area contributed by atoms with Crippen LogP contribution in [-0.2, 0) is 19.6 Å². The van der Waals surface area contributed by atoms with E-state index in [0.29, 0.717) is 23.9 Å². The summed E-state index contributed by atoms with van der Waals surface area (Å²) in [5.74, 6) is 0.433. The maximum absolute atomic E-state index is 12.0. The smallest absolute Gasteiger partial charge is 0.339 e. The van der Waals surface area contributed by atoms with Gasteiger partial charge >= 0.3 is 5.97 Å². The average Bonchev–Trinajstić information content (AvgIpc) is 3.21. The van der Waals surface area contributed by atoms with Crippen molar-refractivity contribution in [1.82, 2.24) is 4.90 Å². The lowest BCUT2D eigenvalue weighted by Crippen LogP contribution is -2.37. The maximum atomic E-state index is 12.0. The Balaban J connectivity index is 1.72. The number of amidine groups is 1. The number of rotatable bonds is 3. The number of ether oxygens (including phenoxy) is 1. The normalized spacial score (nSPS) is 25.4. The number of sulfonamides is 1. The summed E-state index contributed by atoms with van der Waals surface area (Å²) in [6.45, 7) is 2.21. The highest BCUT2D eigenvalue weighted by molar-refractivity contribution is 7.90. The number of carbonyl (C=O) groups excluding carboxylic acids is 1. The molecule has 7 heteroatoms. The zero-order chi connectivity index (χ0) is 14.3. The van der Waals surface area contributed by atoms with Crippen molar-refractivity contribution in [2.75, 3.05) is 12.3 Å². The van der Waals surface area contributed by atoms with Crippen LogP contribution in [0.3, 0.4) is 0 Å². The van der Waals surface area contributed by atoms with Gasteiger partial charge in [-0.3, -0.25) is 0 Å². The maximum Gasteiger partial charge on any atom is 0.339 e. The second kappa shape index (κ2) is 4.73. The van der Waals surface area contributed by atoms with Crippen LogP contribution in [0, 0.1) is 5.92 Å². The van der Waals surface area contributed by atoms with E-state index < -0.39 is 10.0 Å². The Hall–Kier alpha value is -1.63. The number of hydrogen-bond donors (Lipinski definition) is 0. The second-order valence-electron chi connectivity index (χ2n) is 5.29. The van der Waals surface area contributed by atoms with E-state index in [1.807, 2.05) is 6.92 Å². The van der Waals surface area contributed by atoms with Crippen LogP contribution < -0.4 is 0 Å². The summed E-state index contributed by atoms with van der Waals surface area (Å²) in [4.78, 5) is 13.7. The zero-order valence-corrected chi connectivity index (χ0v) is 12.0. The van der Waals surface area contributed by atoms with Gasteiger partial charge in [-0.05, 0) is 37.8 Å². The molecule has 3 aliphatic rings. The number of hydrogen-bond acceptors (Lipinski definition) is 5. The SMILES string of the molecule is C[C@@H](OC(=O)C1=CN2CCS(=O)(=O)N=C2C=C1)C1CC1. The van der Waals surface area contributed by atoms with Crippen LogP contribution in [0.5, 0.6) is 0 Å². The van der Waals surface area contributed by atoms with Gasteiger partial charge in [0.2, 0.25) is 0 Å². The van der Waals surface area contributed by atoms with Crippen molar-refractivity contribution in [3.05, 3.63) is 23.9 Å². The molecule has 0 aromatic heterocycles. The summed E-state index contributed by atoms with van der Waals surface area (Å²) in [5, 5.41) is 0. The van der Waals surface area contributed by atoms with Crippen LogP contribution in [-0.4, -0.2) is 43.5 Å². The Bertz CT molecular complexity index is 629. The number of esters is 1. The monoisotopic (exact) mass is 296 g/mol. The molecule has 0 N–H and O–H groups in total. The molecule has 0 aromatic carbocycles. The highest BCUT2D eigenvalue weighted by Crippen LogP contribution is 2.34. The lowest BCUT2D eigenvalue weighted by molar-refractivity contribution is -0.144. The molecule has 108 valence electrons. The standard InChI is InChI=1S/C13H16N2O4S/c1-9(10-2-3-10)19-13(16)11-4-5-12-14-20(17,18)7-6-15(12)8-11/h4-5,8-10H,2-3,6-7H2,1H3/t9-/m1/s1. The lowest BCUT2D eigenvalue weighted by Gasteiger charge is -2.27. The molecule has 6 nitrogen and oxygen atoms in total. The summed E-state index contributed by atoms with van der Waals surface area (Å²) in [6, 6.07) is 0. The van der Waals surface area contributed by atoms with Crippen molar-refractivity contribution in [3.8, 4) is 0 Å². The Morgan fingerprint density at radius 1 is 1.45 bits per heavy atom. The third kappa shape index (κ3) is 2.77. The summed E-state index contributed by atoms with van der Waals surface area (Å²) in [6.07, 6.45) is 6.87. The molecule has 0 bridgehead atoms. The fourth-order valence-corrected chi connectivity index (χ4v) is 3.19. The van der Waals surface area contributed by atoms with Gasteiger partial charge in [-0.15, -0.1) is 4.40 Å². The van der Waals surface area contributed by atoms with Gasteiger partial charge in [-0.2, -0.15) is 0 Å². The molecule has 2 heterocycles. The van der Waals surface area contributed by atoms with Crippen LogP contribution in [0.2, 0.25) is 0 Å². The van der Waals surface area contributed by atoms with Gasteiger partial charge in [-0.25, -0.2) is 13.2 Å². The van der Waals surface area contributed by atoms with Crippen LogP contribution in [0.1, 0.15) is 19.8 Å². The van der Waals surface area contributed by atoms with Gasteiger partial charge in [0.1, 0.15) is 11.9 Å². The molecular formula is C13H16N2O4S. The number of carbonyl (C=O) groups is 1. The molecule has 0 aromatic rings. The van der Waals surface area contributed by atoms with Crippen molar-refractivity contribution in [3.63, 3.8) is 0 Å². The summed E-state index contributed by atoms with van der Waals surface area (Å²) < 4.78 is 31.8. The van der Waals surface area contributed by atoms with Gasteiger partial charge in [0, 0.05) is 12.7 Å². The van der Waals surface area contributed by atoms with E-state index in [4.69, 9.17) is 4.74 Å². The minimum atomic E-state index is -3.36. The number of fused-ring (bicyclic) bond motifs is 1. The van der Waals surface area contributed by atoms with E-state index in [-0.39, 0.29) is 17.8 Å². The summed E-state index contributed by atoms with van der Waals surface area (Å²) in [5.41, 5.74) is 0.427. The minimum absolute atomic E-state index is 0.0400. The van der Waals surface area contributed by atoms with E-state index in [2.05, 4.69) is 4.40 Å². The van der Waals surface area contributed by atoms with E-state index in [0.717, 1.165) is 12.8 Å². The highest BCUT2D eigenvalue weighted by atomic mass is 32.2. The molecule has 0 radical (unpaired) electrons. The fourth-order valence-electron chi connectivity index (χ4n) is 2.22. The van der Waals surface area contributed by atoms with Crippen LogP contribution in [0.4, 0.5) is 0 Å². The predicted octanol–water partition coefficient (Wildman–Crippen LogP) is 0.826. The topological polar surface area (TPSA) is 76.0 Å². The van der Waals surface area contributed by atoms with Gasteiger partial charge < -0.3 is 9.64 Å². The molecule has 1 saturated carbocycles. The quantitative estimate of drug-likeness (QED) is 0.721. The fraction of sp³-hybridized carbons (Fsp3) is 0.538. The van der Waals surface area contributed by atoms with Crippen molar-refractivity contribution in [2.24, 2.45) is 10.3 Å². The Labute approximate surface area is 117 Å². The minimum Gasteiger partial charge on any atom is -0.459 e. The van der Waals surface area contributed by atoms with Crippen molar-refractivity contribution < 1.29 is 17.9 Å². The number of nitrogens with zero attached hydrogens (tertiary/aromatic N) is 2. The van der Waals surface area contributed by atoms with E-state index in [9.17, 15) is 13.2 Å². The first kappa shape index (κ1) is 13.4. The molecule has 0 amide bonds. The average molecular weight is 296 g/mol. The Morgan fingerprint density at radius 3 is 2.90 bits per heavy atom. The Kier molecular flexibility index (Phi) is 3.16. The largest absolute Gasteiger partial charge is 0.459 e. The lowest BCUT2D eigenvalue weighted by atomic mass is 10.2. The molecule has 2 aliphatic heterocycles.